The number of anilines is 1. The number of rotatable bonds is 5. The fourth-order valence-electron chi connectivity index (χ4n) is 3.00. The molecule has 2 aromatic carbocycles. The van der Waals surface area contributed by atoms with Crippen molar-refractivity contribution in [2.45, 2.75) is 13.8 Å². The highest BCUT2D eigenvalue weighted by molar-refractivity contribution is 7.99. The van der Waals surface area contributed by atoms with Gasteiger partial charge in [-0.05, 0) is 61.4 Å². The van der Waals surface area contributed by atoms with Crippen LogP contribution in [-0.4, -0.2) is 38.2 Å². The summed E-state index contributed by atoms with van der Waals surface area (Å²) >= 11 is 6.09. The van der Waals surface area contributed by atoms with Gasteiger partial charge in [0.25, 0.3) is 15.9 Å². The van der Waals surface area contributed by atoms with Crippen molar-refractivity contribution in [2.24, 2.45) is 0 Å². The third kappa shape index (κ3) is 3.99. The van der Waals surface area contributed by atoms with Gasteiger partial charge in [-0.15, -0.1) is 0 Å². The van der Waals surface area contributed by atoms with E-state index >= 15 is 0 Å². The first-order valence-electron chi connectivity index (χ1n) is 8.63. The molecule has 0 saturated carbocycles. The Balaban J connectivity index is 1.84. The number of carbonyl (C=O) groups is 2. The number of aryl methyl sites for hydroxylation is 1. The van der Waals surface area contributed by atoms with Gasteiger partial charge in [0.1, 0.15) is 17.2 Å². The quantitative estimate of drug-likeness (QED) is 0.780. The van der Waals surface area contributed by atoms with Crippen molar-refractivity contribution in [2.75, 3.05) is 19.0 Å². The molecule has 2 amide bonds. The predicted octanol–water partition coefficient (Wildman–Crippen LogP) is 3.20. The van der Waals surface area contributed by atoms with Crippen molar-refractivity contribution in [1.82, 2.24) is 4.31 Å². The molecule has 1 aliphatic heterocycles. The molecule has 0 spiro atoms. The Morgan fingerprint density at radius 2 is 1.79 bits per heavy atom. The molecule has 7 nitrogen and oxygen atoms in total. The zero-order valence-electron chi connectivity index (χ0n) is 16.0. The second kappa shape index (κ2) is 7.88. The van der Waals surface area contributed by atoms with Gasteiger partial charge in [0.2, 0.25) is 5.91 Å². The predicted molar refractivity (Wildman–Crippen MR) is 111 cm³/mol. The van der Waals surface area contributed by atoms with Crippen LogP contribution in [0.3, 0.4) is 0 Å². The minimum atomic E-state index is -4.17. The van der Waals surface area contributed by atoms with Crippen LogP contribution in [-0.2, 0) is 19.6 Å². The highest BCUT2D eigenvalue weighted by Gasteiger charge is 2.43. The molecule has 0 saturated heterocycles. The van der Waals surface area contributed by atoms with Crippen molar-refractivity contribution in [3.8, 4) is 5.75 Å². The third-order valence-electron chi connectivity index (χ3n) is 4.47. The van der Waals surface area contributed by atoms with E-state index in [1.165, 1.54) is 14.0 Å². The number of nitrogens with one attached hydrogen (secondary N) is 1. The summed E-state index contributed by atoms with van der Waals surface area (Å²) in [4.78, 5) is 24.9. The van der Waals surface area contributed by atoms with Gasteiger partial charge in [0.05, 0.1) is 17.8 Å². The topological polar surface area (TPSA) is 92.8 Å². The van der Waals surface area contributed by atoms with Gasteiger partial charge in [-0.2, -0.15) is 0 Å². The molecule has 2 aromatic rings. The molecule has 1 heterocycles. The van der Waals surface area contributed by atoms with E-state index in [0.717, 1.165) is 5.56 Å². The van der Waals surface area contributed by atoms with Crippen LogP contribution >= 0.6 is 11.6 Å². The van der Waals surface area contributed by atoms with E-state index in [1.807, 2.05) is 6.92 Å². The smallest absolute Gasteiger partial charge is 0.268 e. The van der Waals surface area contributed by atoms with Crippen LogP contribution in [0.15, 0.2) is 48.0 Å². The molecule has 0 fully saturated rings. The molecule has 152 valence electrons. The van der Waals surface area contributed by atoms with Gasteiger partial charge >= 0.3 is 0 Å². The number of nitrogens with zero attached hydrogens (tertiary/aromatic N) is 1. The summed E-state index contributed by atoms with van der Waals surface area (Å²) in [7, 11) is -2.68. The van der Waals surface area contributed by atoms with E-state index in [9.17, 15) is 18.0 Å². The van der Waals surface area contributed by atoms with Crippen LogP contribution in [0, 0.1) is 6.92 Å². The number of ether oxygens (including phenoxy) is 1. The highest BCUT2D eigenvalue weighted by Crippen LogP contribution is 2.36. The number of amides is 2. The lowest BCUT2D eigenvalue weighted by Gasteiger charge is -2.17. The Morgan fingerprint density at radius 1 is 1.14 bits per heavy atom. The Bertz CT molecular complexity index is 1120. The molecular weight excluding hydrogens is 416 g/mol. The van der Waals surface area contributed by atoms with Gasteiger partial charge in [-0.3, -0.25) is 9.59 Å². The number of methoxy groups -OCH3 is 1. The standard InChI is InChI=1S/C20H19ClN2O5S/c1-12-4-9-17(16(21)10-12)22-18(24)11-23-20(25)13(2)19(29(23,26)27)14-5-7-15(28-3)8-6-14/h4-10H,11H2,1-3H3,(H,22,24). The van der Waals surface area contributed by atoms with E-state index in [2.05, 4.69) is 5.32 Å². The molecule has 1 aliphatic rings. The van der Waals surface area contributed by atoms with Crippen molar-refractivity contribution in [3.63, 3.8) is 0 Å². The van der Waals surface area contributed by atoms with Crippen LogP contribution in [0.2, 0.25) is 5.02 Å². The average Bonchev–Trinajstić information content (AvgIpc) is 2.83. The number of benzene rings is 2. The van der Waals surface area contributed by atoms with Crippen LogP contribution in [0.5, 0.6) is 5.75 Å². The Morgan fingerprint density at radius 3 is 2.38 bits per heavy atom. The zero-order valence-corrected chi connectivity index (χ0v) is 17.6. The fourth-order valence-corrected chi connectivity index (χ4v) is 5.06. The molecule has 1 N–H and O–H groups in total. The maximum absolute atomic E-state index is 13.0. The first kappa shape index (κ1) is 20.9. The maximum atomic E-state index is 13.0. The van der Waals surface area contributed by atoms with E-state index < -0.39 is 28.4 Å². The van der Waals surface area contributed by atoms with Crippen molar-refractivity contribution in [1.29, 1.82) is 0 Å². The number of carbonyl (C=O) groups excluding carboxylic acids is 2. The summed E-state index contributed by atoms with van der Waals surface area (Å²) in [6, 6.07) is 11.3. The van der Waals surface area contributed by atoms with Gasteiger partial charge in [-0.25, -0.2) is 12.7 Å². The van der Waals surface area contributed by atoms with Crippen molar-refractivity contribution >= 4 is 44.0 Å². The lowest BCUT2D eigenvalue weighted by atomic mass is 10.1. The average molecular weight is 435 g/mol. The minimum absolute atomic E-state index is 0.0522. The summed E-state index contributed by atoms with van der Waals surface area (Å²) in [5.74, 6) is -0.850. The zero-order chi connectivity index (χ0) is 21.3. The Hall–Kier alpha value is -2.84. The summed E-state index contributed by atoms with van der Waals surface area (Å²) in [5, 5.41) is 2.86. The van der Waals surface area contributed by atoms with Crippen molar-refractivity contribution in [3.05, 3.63) is 64.2 Å². The van der Waals surface area contributed by atoms with Crippen molar-refractivity contribution < 1.29 is 22.7 Å². The highest BCUT2D eigenvalue weighted by atomic mass is 35.5. The molecule has 0 atom stereocenters. The monoisotopic (exact) mass is 434 g/mol. The number of hydrogen-bond acceptors (Lipinski definition) is 5. The van der Waals surface area contributed by atoms with Gasteiger partial charge in [-0.1, -0.05) is 17.7 Å². The second-order valence-electron chi connectivity index (χ2n) is 6.53. The van der Waals surface area contributed by atoms with E-state index in [4.69, 9.17) is 16.3 Å². The number of sulfonamides is 1. The minimum Gasteiger partial charge on any atom is -0.497 e. The van der Waals surface area contributed by atoms with E-state index in [1.54, 1.807) is 42.5 Å². The third-order valence-corrected chi connectivity index (χ3v) is 6.72. The van der Waals surface area contributed by atoms with E-state index in [-0.39, 0.29) is 10.5 Å². The van der Waals surface area contributed by atoms with Crippen LogP contribution in [0.1, 0.15) is 18.1 Å². The Kier molecular flexibility index (Phi) is 5.68. The van der Waals surface area contributed by atoms with Gasteiger partial charge in [0, 0.05) is 5.57 Å². The molecule has 0 bridgehead atoms. The van der Waals surface area contributed by atoms with Crippen LogP contribution < -0.4 is 10.1 Å². The van der Waals surface area contributed by atoms with Gasteiger partial charge in [0.15, 0.2) is 0 Å². The molecule has 0 radical (unpaired) electrons. The SMILES string of the molecule is COc1ccc(C2=C(C)C(=O)N(CC(=O)Nc3ccc(C)cc3Cl)S2(=O)=O)cc1. The number of halogens is 1. The van der Waals surface area contributed by atoms with Crippen LogP contribution in [0.25, 0.3) is 4.91 Å². The first-order chi connectivity index (χ1) is 13.6. The van der Waals surface area contributed by atoms with Crippen LogP contribution in [0.4, 0.5) is 5.69 Å². The summed E-state index contributed by atoms with van der Waals surface area (Å²) < 4.78 is 31.6. The lowest BCUT2D eigenvalue weighted by molar-refractivity contribution is -0.126. The largest absolute Gasteiger partial charge is 0.497 e. The molecule has 29 heavy (non-hydrogen) atoms. The molecule has 3 rings (SSSR count). The molecule has 0 aliphatic carbocycles. The maximum Gasteiger partial charge on any atom is 0.268 e. The molecule has 0 aromatic heterocycles. The normalized spacial score (nSPS) is 15.6. The lowest BCUT2D eigenvalue weighted by Crippen LogP contribution is -2.38. The fraction of sp³-hybridized carbons (Fsp3) is 0.200. The summed E-state index contributed by atoms with van der Waals surface area (Å²) in [6.07, 6.45) is 0. The summed E-state index contributed by atoms with van der Waals surface area (Å²) in [5.41, 5.74) is 1.65. The molecule has 0 unspecified atom stereocenters. The Labute approximate surface area is 174 Å². The molecular formula is C20H19ClN2O5S. The first-order valence-corrected chi connectivity index (χ1v) is 10.5. The second-order valence-corrected chi connectivity index (χ2v) is 8.74. The van der Waals surface area contributed by atoms with E-state index in [0.29, 0.717) is 26.3 Å². The number of hydrogen-bond donors (Lipinski definition) is 1. The summed E-state index contributed by atoms with van der Waals surface area (Å²) in [6.45, 7) is 2.62. The van der Waals surface area contributed by atoms with Gasteiger partial charge < -0.3 is 10.1 Å². The molecule has 9 heteroatoms.